The van der Waals surface area contributed by atoms with Gasteiger partial charge in [0.25, 0.3) is 5.56 Å². The predicted octanol–water partition coefficient (Wildman–Crippen LogP) is 6.04. The minimum atomic E-state index is -0.498. The molecule has 1 unspecified atom stereocenters. The Balaban J connectivity index is 1.83. The van der Waals surface area contributed by atoms with Crippen LogP contribution in [0, 0.1) is 6.92 Å². The van der Waals surface area contributed by atoms with Crippen LogP contribution in [0.3, 0.4) is 0 Å². The first kappa shape index (κ1) is 29.6. The van der Waals surface area contributed by atoms with Crippen LogP contribution in [0.4, 0.5) is 0 Å². The molecule has 4 rings (SSSR count). The predicted molar refractivity (Wildman–Crippen MR) is 162 cm³/mol. The van der Waals surface area contributed by atoms with E-state index in [9.17, 15) is 9.59 Å². The number of para-hydroxylation sites is 1. The molecule has 0 radical (unpaired) electrons. The molecule has 1 aromatic heterocycles. The van der Waals surface area contributed by atoms with Crippen molar-refractivity contribution in [3.63, 3.8) is 0 Å². The second-order valence-electron chi connectivity index (χ2n) is 10.1. The summed E-state index contributed by atoms with van der Waals surface area (Å²) in [6.07, 6.45) is 2.69. The summed E-state index contributed by atoms with van der Waals surface area (Å²) >= 11 is 0. The fraction of sp³-hybridized carbons (Fsp3) is 0.364. The van der Waals surface area contributed by atoms with E-state index in [4.69, 9.17) is 19.2 Å². The molecule has 0 fully saturated rings. The van der Waals surface area contributed by atoms with E-state index in [1.807, 2.05) is 73.3 Å². The Kier molecular flexibility index (Phi) is 9.65. The van der Waals surface area contributed by atoms with Gasteiger partial charge in [-0.25, -0.2) is 4.98 Å². The molecule has 3 aromatic carbocycles. The molecule has 0 saturated carbocycles. The summed E-state index contributed by atoms with van der Waals surface area (Å²) in [5, 5.41) is 0.501. The highest BCUT2D eigenvalue weighted by Crippen LogP contribution is 2.31. The second-order valence-corrected chi connectivity index (χ2v) is 10.1. The Morgan fingerprint density at radius 2 is 1.66 bits per heavy atom. The van der Waals surface area contributed by atoms with Crippen LogP contribution in [0.5, 0.6) is 17.2 Å². The fourth-order valence-electron chi connectivity index (χ4n) is 5.07. The number of aryl methyl sites for hydroxylation is 1. The Morgan fingerprint density at radius 1 is 0.951 bits per heavy atom. The molecule has 1 heterocycles. The van der Waals surface area contributed by atoms with Gasteiger partial charge in [-0.3, -0.25) is 14.2 Å². The number of rotatable bonds is 12. The maximum absolute atomic E-state index is 14.0. The van der Waals surface area contributed by atoms with E-state index in [-0.39, 0.29) is 11.5 Å². The van der Waals surface area contributed by atoms with Crippen molar-refractivity contribution in [3.8, 4) is 22.9 Å². The molecule has 1 amide bonds. The van der Waals surface area contributed by atoms with Crippen molar-refractivity contribution in [3.05, 3.63) is 88.0 Å². The summed E-state index contributed by atoms with van der Waals surface area (Å²) in [5.41, 5.74) is 2.96. The number of carbonyl (C=O) groups excluding carboxylic acids is 1. The molecular formula is C33H39N3O5. The third-order valence-corrected chi connectivity index (χ3v) is 7.37. The van der Waals surface area contributed by atoms with Gasteiger partial charge in [-0.15, -0.1) is 0 Å². The second kappa shape index (κ2) is 13.4. The summed E-state index contributed by atoms with van der Waals surface area (Å²) < 4.78 is 18.1. The lowest BCUT2D eigenvalue weighted by atomic mass is 10.1. The molecule has 8 nitrogen and oxygen atoms in total. The number of ether oxygens (including phenoxy) is 3. The summed E-state index contributed by atoms with van der Waals surface area (Å²) in [6, 6.07) is 18.3. The van der Waals surface area contributed by atoms with Gasteiger partial charge in [-0.2, -0.15) is 0 Å². The molecule has 0 bridgehead atoms. The largest absolute Gasteiger partial charge is 0.495 e. The van der Waals surface area contributed by atoms with E-state index in [2.05, 4.69) is 6.92 Å². The van der Waals surface area contributed by atoms with Crippen LogP contribution >= 0.6 is 0 Å². The van der Waals surface area contributed by atoms with Crippen LogP contribution < -0.4 is 19.8 Å². The van der Waals surface area contributed by atoms with Gasteiger partial charge in [0.05, 0.1) is 44.0 Å². The van der Waals surface area contributed by atoms with Crippen molar-refractivity contribution < 1.29 is 19.0 Å². The number of hydrogen-bond acceptors (Lipinski definition) is 6. The SMILES string of the molecule is CCCCC(=O)N(CCc1ccc(OC)c(OC)c1)C(C)c1nc2ccccc2c(=O)n1-c1cc(C)ccc1OC. The lowest BCUT2D eigenvalue weighted by molar-refractivity contribution is -0.133. The van der Waals surface area contributed by atoms with Gasteiger partial charge in [0.15, 0.2) is 11.5 Å². The average Bonchev–Trinajstić information content (AvgIpc) is 2.99. The summed E-state index contributed by atoms with van der Waals surface area (Å²) in [7, 11) is 4.79. The van der Waals surface area contributed by atoms with Crippen LogP contribution in [0.2, 0.25) is 0 Å². The van der Waals surface area contributed by atoms with Crippen LogP contribution in [0.25, 0.3) is 16.6 Å². The summed E-state index contributed by atoms with van der Waals surface area (Å²) in [6.45, 7) is 6.41. The van der Waals surface area contributed by atoms with Crippen molar-refractivity contribution >= 4 is 16.8 Å². The van der Waals surface area contributed by atoms with Gasteiger partial charge in [-0.05, 0) is 74.2 Å². The molecule has 0 aliphatic carbocycles. The van der Waals surface area contributed by atoms with Crippen molar-refractivity contribution in [2.24, 2.45) is 0 Å². The zero-order valence-electron chi connectivity index (χ0n) is 24.8. The molecule has 1 atom stereocenters. The lowest BCUT2D eigenvalue weighted by Gasteiger charge is -2.31. The number of benzene rings is 3. The normalized spacial score (nSPS) is 11.8. The number of carbonyl (C=O) groups is 1. The monoisotopic (exact) mass is 557 g/mol. The number of aromatic nitrogens is 2. The third-order valence-electron chi connectivity index (χ3n) is 7.37. The van der Waals surface area contributed by atoms with E-state index in [0.717, 1.165) is 24.0 Å². The van der Waals surface area contributed by atoms with E-state index in [1.54, 1.807) is 32.0 Å². The van der Waals surface area contributed by atoms with Crippen LogP contribution in [0.1, 0.15) is 56.1 Å². The Hall–Kier alpha value is -4.33. The minimum Gasteiger partial charge on any atom is -0.495 e. The number of methoxy groups -OCH3 is 3. The number of fused-ring (bicyclic) bond motifs is 1. The van der Waals surface area contributed by atoms with Gasteiger partial charge in [0, 0.05) is 13.0 Å². The molecule has 41 heavy (non-hydrogen) atoms. The van der Waals surface area contributed by atoms with E-state index in [0.29, 0.717) is 59.0 Å². The van der Waals surface area contributed by atoms with Crippen molar-refractivity contribution in [1.82, 2.24) is 14.5 Å². The molecule has 4 aromatic rings. The molecule has 0 saturated heterocycles. The van der Waals surface area contributed by atoms with Crippen LogP contribution in [0.15, 0.2) is 65.5 Å². The first-order chi connectivity index (χ1) is 19.8. The fourth-order valence-corrected chi connectivity index (χ4v) is 5.07. The van der Waals surface area contributed by atoms with Crippen molar-refractivity contribution in [1.29, 1.82) is 0 Å². The molecular weight excluding hydrogens is 518 g/mol. The minimum absolute atomic E-state index is 0.0185. The number of hydrogen-bond donors (Lipinski definition) is 0. The highest BCUT2D eigenvalue weighted by atomic mass is 16.5. The number of amides is 1. The molecule has 216 valence electrons. The van der Waals surface area contributed by atoms with Gasteiger partial charge >= 0.3 is 0 Å². The Labute approximate surface area is 241 Å². The molecule has 0 spiro atoms. The Bertz CT molecular complexity index is 1580. The van der Waals surface area contributed by atoms with Crippen LogP contribution in [-0.4, -0.2) is 48.2 Å². The smallest absolute Gasteiger partial charge is 0.266 e. The zero-order valence-corrected chi connectivity index (χ0v) is 24.8. The maximum atomic E-state index is 14.0. The van der Waals surface area contributed by atoms with Gasteiger partial charge in [-0.1, -0.05) is 37.6 Å². The van der Waals surface area contributed by atoms with E-state index < -0.39 is 6.04 Å². The van der Waals surface area contributed by atoms with Gasteiger partial charge in [0.1, 0.15) is 11.6 Å². The first-order valence-corrected chi connectivity index (χ1v) is 14.0. The maximum Gasteiger partial charge on any atom is 0.266 e. The highest BCUT2D eigenvalue weighted by molar-refractivity contribution is 5.79. The summed E-state index contributed by atoms with van der Waals surface area (Å²) in [5.74, 6) is 2.34. The van der Waals surface area contributed by atoms with Gasteiger partial charge < -0.3 is 19.1 Å². The highest BCUT2D eigenvalue weighted by Gasteiger charge is 2.27. The molecule has 0 aliphatic heterocycles. The third kappa shape index (κ3) is 6.37. The van der Waals surface area contributed by atoms with Crippen molar-refractivity contribution in [2.75, 3.05) is 27.9 Å². The van der Waals surface area contributed by atoms with Crippen molar-refractivity contribution in [2.45, 2.75) is 52.5 Å². The standard InChI is InChI=1S/C33H39N3O5/c1-7-8-13-31(37)35(19-18-24-15-17-29(40-5)30(21-24)41-6)23(3)32-34-26-12-10-9-11-25(26)33(38)36(32)27-20-22(2)14-16-28(27)39-4/h9-12,14-17,20-21,23H,7-8,13,18-19H2,1-6H3. The van der Waals surface area contributed by atoms with Gasteiger partial charge in [0.2, 0.25) is 5.91 Å². The number of nitrogens with zero attached hydrogens (tertiary/aromatic N) is 3. The molecule has 8 heteroatoms. The average molecular weight is 558 g/mol. The quantitative estimate of drug-likeness (QED) is 0.211. The number of unbranched alkanes of at least 4 members (excludes halogenated alkanes) is 1. The molecule has 0 N–H and O–H groups in total. The Morgan fingerprint density at radius 3 is 2.37 bits per heavy atom. The topological polar surface area (TPSA) is 82.9 Å². The molecule has 0 aliphatic rings. The summed E-state index contributed by atoms with van der Waals surface area (Å²) in [4.78, 5) is 34.5. The van der Waals surface area contributed by atoms with E-state index in [1.165, 1.54) is 0 Å². The zero-order chi connectivity index (χ0) is 29.5. The van der Waals surface area contributed by atoms with Crippen LogP contribution in [-0.2, 0) is 11.2 Å². The lowest BCUT2D eigenvalue weighted by Crippen LogP contribution is -2.38. The van der Waals surface area contributed by atoms with E-state index >= 15 is 0 Å². The first-order valence-electron chi connectivity index (χ1n) is 14.0.